The van der Waals surface area contributed by atoms with Crippen LogP contribution in [-0.4, -0.2) is 21.8 Å². The first kappa shape index (κ1) is 12.9. The molecule has 5 heteroatoms. The fourth-order valence-corrected chi connectivity index (χ4v) is 2.85. The lowest BCUT2D eigenvalue weighted by atomic mass is 9.82. The van der Waals surface area contributed by atoms with Crippen LogP contribution < -0.4 is 0 Å². The molecule has 1 aliphatic carbocycles. The number of phenolic OH excluding ortho intramolecular Hbond substituents is 2. The van der Waals surface area contributed by atoms with Gasteiger partial charge in [-0.1, -0.05) is 34.1 Å². The second kappa shape index (κ2) is 4.45. The summed E-state index contributed by atoms with van der Waals surface area (Å²) >= 11 is 3.21. The van der Waals surface area contributed by atoms with Crippen LogP contribution in [0, 0.1) is 0 Å². The highest BCUT2D eigenvalue weighted by Crippen LogP contribution is 2.38. The van der Waals surface area contributed by atoms with E-state index in [0.29, 0.717) is 10.9 Å². The molecule has 1 aliphatic rings. The number of rotatable bonds is 1. The summed E-state index contributed by atoms with van der Waals surface area (Å²) in [6, 6.07) is 7.48. The number of benzene rings is 2. The molecule has 0 unspecified atom stereocenters. The molecule has 0 fully saturated rings. The number of hydrogen-bond acceptors (Lipinski definition) is 4. The highest BCUT2D eigenvalue weighted by molar-refractivity contribution is 9.08. The van der Waals surface area contributed by atoms with Crippen molar-refractivity contribution >= 4 is 27.5 Å². The zero-order valence-corrected chi connectivity index (χ0v) is 11.8. The van der Waals surface area contributed by atoms with E-state index in [1.54, 1.807) is 6.07 Å². The van der Waals surface area contributed by atoms with Crippen molar-refractivity contribution in [1.29, 1.82) is 0 Å². The minimum Gasteiger partial charge on any atom is -0.507 e. The van der Waals surface area contributed by atoms with Gasteiger partial charge in [-0.3, -0.25) is 9.59 Å². The summed E-state index contributed by atoms with van der Waals surface area (Å²) in [4.78, 5) is 24.8. The molecule has 0 aliphatic heterocycles. The van der Waals surface area contributed by atoms with Crippen molar-refractivity contribution in [3.63, 3.8) is 0 Å². The summed E-state index contributed by atoms with van der Waals surface area (Å²) in [7, 11) is 0. The van der Waals surface area contributed by atoms with E-state index < -0.39 is 5.78 Å². The van der Waals surface area contributed by atoms with E-state index in [2.05, 4.69) is 15.9 Å². The third-order valence-corrected chi connectivity index (χ3v) is 4.00. The Kier molecular flexibility index (Phi) is 2.87. The number of fused-ring (bicyclic) bond motifs is 2. The van der Waals surface area contributed by atoms with E-state index in [1.165, 1.54) is 24.3 Å². The van der Waals surface area contributed by atoms with Crippen molar-refractivity contribution in [3.8, 4) is 11.5 Å². The molecule has 0 bridgehead atoms. The molecule has 0 saturated carbocycles. The molecule has 0 atom stereocenters. The van der Waals surface area contributed by atoms with Crippen LogP contribution in [0.4, 0.5) is 0 Å². The Balaban J connectivity index is 2.36. The van der Waals surface area contributed by atoms with E-state index in [-0.39, 0.29) is 39.5 Å². The zero-order chi connectivity index (χ0) is 14.4. The summed E-state index contributed by atoms with van der Waals surface area (Å²) in [6.07, 6.45) is 0. The van der Waals surface area contributed by atoms with Crippen LogP contribution in [0.2, 0.25) is 0 Å². The van der Waals surface area contributed by atoms with E-state index in [0.717, 1.165) is 0 Å². The predicted molar refractivity (Wildman–Crippen MR) is 75.7 cm³/mol. The highest BCUT2D eigenvalue weighted by Gasteiger charge is 2.34. The topological polar surface area (TPSA) is 74.6 Å². The van der Waals surface area contributed by atoms with E-state index in [1.807, 2.05) is 0 Å². The maximum absolute atomic E-state index is 12.5. The maximum atomic E-state index is 12.5. The van der Waals surface area contributed by atoms with Gasteiger partial charge in [0, 0.05) is 22.0 Å². The van der Waals surface area contributed by atoms with Crippen molar-refractivity contribution in [2.45, 2.75) is 5.33 Å². The molecule has 0 saturated heterocycles. The second-order valence-corrected chi connectivity index (χ2v) is 5.05. The lowest BCUT2D eigenvalue weighted by molar-refractivity contribution is 0.0974. The van der Waals surface area contributed by atoms with Crippen LogP contribution in [0.3, 0.4) is 0 Å². The Morgan fingerprint density at radius 1 is 0.900 bits per heavy atom. The van der Waals surface area contributed by atoms with Crippen molar-refractivity contribution in [1.82, 2.24) is 0 Å². The molecule has 3 rings (SSSR count). The van der Waals surface area contributed by atoms with Crippen LogP contribution in [0.1, 0.15) is 37.4 Å². The minimum atomic E-state index is -0.534. The summed E-state index contributed by atoms with van der Waals surface area (Å²) in [5.41, 5.74) is 0.750. The molecule has 0 aromatic heterocycles. The molecule has 0 spiro atoms. The quantitative estimate of drug-likeness (QED) is 0.672. The van der Waals surface area contributed by atoms with Crippen molar-refractivity contribution in [2.75, 3.05) is 0 Å². The van der Waals surface area contributed by atoms with Gasteiger partial charge in [0.2, 0.25) is 5.78 Å². The molecule has 4 nitrogen and oxygen atoms in total. The van der Waals surface area contributed by atoms with Crippen LogP contribution in [0.5, 0.6) is 11.5 Å². The molecule has 0 heterocycles. The molecule has 0 amide bonds. The first-order chi connectivity index (χ1) is 9.56. The molecular formula is C15H9BrO4. The number of aromatic hydroxyl groups is 2. The lowest BCUT2D eigenvalue weighted by Gasteiger charge is -2.20. The third-order valence-electron chi connectivity index (χ3n) is 3.39. The largest absolute Gasteiger partial charge is 0.507 e. The van der Waals surface area contributed by atoms with Gasteiger partial charge in [-0.2, -0.15) is 0 Å². The van der Waals surface area contributed by atoms with Crippen molar-refractivity contribution < 1.29 is 19.8 Å². The number of alkyl halides is 1. The fourth-order valence-electron chi connectivity index (χ4n) is 2.40. The van der Waals surface area contributed by atoms with E-state index in [9.17, 15) is 19.8 Å². The second-order valence-electron chi connectivity index (χ2n) is 4.49. The molecule has 100 valence electrons. The molecule has 2 aromatic rings. The number of hydrogen-bond donors (Lipinski definition) is 2. The smallest absolute Gasteiger partial charge is 0.201 e. The van der Waals surface area contributed by atoms with Gasteiger partial charge in [0.1, 0.15) is 11.5 Å². The zero-order valence-electron chi connectivity index (χ0n) is 10.2. The van der Waals surface area contributed by atoms with E-state index in [4.69, 9.17) is 0 Å². The summed E-state index contributed by atoms with van der Waals surface area (Å²) in [5, 5.41) is 20.3. The van der Waals surface area contributed by atoms with Gasteiger partial charge in [0.25, 0.3) is 0 Å². The standard InChI is InChI=1S/C15H9BrO4/c16-6-7-4-5-9-12(13(7)18)15(20)11-8(14(9)19)2-1-3-10(11)17/h1-5,17-18H,6H2. The fraction of sp³-hybridized carbons (Fsp3) is 0.0667. The summed E-state index contributed by atoms with van der Waals surface area (Å²) in [5.74, 6) is -1.38. The van der Waals surface area contributed by atoms with Gasteiger partial charge in [-0.25, -0.2) is 0 Å². The number of carbonyl (C=O) groups excluding carboxylic acids is 2. The average Bonchev–Trinajstić information content (AvgIpc) is 2.44. The van der Waals surface area contributed by atoms with Crippen LogP contribution in [0.25, 0.3) is 0 Å². The Hall–Kier alpha value is -2.14. The molecular weight excluding hydrogens is 324 g/mol. The minimum absolute atomic E-state index is 0.0408. The number of ketones is 2. The van der Waals surface area contributed by atoms with Gasteiger partial charge >= 0.3 is 0 Å². The number of halogens is 1. The van der Waals surface area contributed by atoms with Crippen molar-refractivity contribution in [3.05, 3.63) is 58.1 Å². The molecule has 20 heavy (non-hydrogen) atoms. The van der Waals surface area contributed by atoms with Crippen molar-refractivity contribution in [2.24, 2.45) is 0 Å². The Bertz CT molecular complexity index is 765. The van der Waals surface area contributed by atoms with Crippen LogP contribution in [-0.2, 0) is 5.33 Å². The molecule has 2 aromatic carbocycles. The first-order valence-corrected chi connectivity index (χ1v) is 7.00. The number of phenols is 2. The first-order valence-electron chi connectivity index (χ1n) is 5.88. The molecule has 0 radical (unpaired) electrons. The summed E-state index contributed by atoms with van der Waals surface area (Å²) < 4.78 is 0. The average molecular weight is 333 g/mol. The maximum Gasteiger partial charge on any atom is 0.201 e. The molecule has 2 N–H and O–H groups in total. The normalized spacial score (nSPS) is 13.1. The Morgan fingerprint density at radius 2 is 1.60 bits per heavy atom. The summed E-state index contributed by atoms with van der Waals surface area (Å²) in [6.45, 7) is 0. The van der Waals surface area contributed by atoms with Gasteiger partial charge < -0.3 is 10.2 Å². The SMILES string of the molecule is O=C1c2cccc(O)c2C(=O)c2c1ccc(CBr)c2O. The van der Waals surface area contributed by atoms with Gasteiger partial charge in [0.05, 0.1) is 11.1 Å². The van der Waals surface area contributed by atoms with E-state index >= 15 is 0 Å². The van der Waals surface area contributed by atoms with Crippen LogP contribution in [0.15, 0.2) is 30.3 Å². The Morgan fingerprint density at radius 3 is 2.30 bits per heavy atom. The monoisotopic (exact) mass is 332 g/mol. The predicted octanol–water partition coefficient (Wildman–Crippen LogP) is 2.77. The van der Waals surface area contributed by atoms with Crippen LogP contribution >= 0.6 is 15.9 Å². The number of carbonyl (C=O) groups is 2. The van der Waals surface area contributed by atoms with Gasteiger partial charge in [-0.15, -0.1) is 0 Å². The van der Waals surface area contributed by atoms with Gasteiger partial charge in [-0.05, 0) is 12.1 Å². The highest BCUT2D eigenvalue weighted by atomic mass is 79.9. The van der Waals surface area contributed by atoms with Gasteiger partial charge in [0.15, 0.2) is 5.78 Å². The Labute approximate surface area is 122 Å². The third kappa shape index (κ3) is 1.59. The lowest BCUT2D eigenvalue weighted by Crippen LogP contribution is -2.21.